The molecule has 47 valence electrons. The Morgan fingerprint density at radius 1 is 1.44 bits per heavy atom. The first-order chi connectivity index (χ1) is 4.22. The second-order valence-electron chi connectivity index (χ2n) is 1.45. The van der Waals surface area contributed by atoms with Gasteiger partial charge in [0.1, 0.15) is 0 Å². The zero-order valence-corrected chi connectivity index (χ0v) is 8.22. The van der Waals surface area contributed by atoms with Crippen LogP contribution in [0, 0.1) is 6.07 Å². The summed E-state index contributed by atoms with van der Waals surface area (Å²) in [6.45, 7) is 0. The Morgan fingerprint density at radius 3 is 2.56 bits per heavy atom. The second kappa shape index (κ2) is 3.04. The SMILES string of the molecule is Clc1c(Br)[c]ccc1Br. The molecular formula is C6H2Br2Cl. The van der Waals surface area contributed by atoms with Gasteiger partial charge in [-0.25, -0.2) is 0 Å². The Balaban J connectivity index is 3.25. The van der Waals surface area contributed by atoms with Crippen molar-refractivity contribution in [2.45, 2.75) is 0 Å². The van der Waals surface area contributed by atoms with Crippen LogP contribution in [-0.2, 0) is 0 Å². The smallest absolute Gasteiger partial charge is 0.0696 e. The van der Waals surface area contributed by atoms with E-state index in [1.807, 2.05) is 6.07 Å². The molecule has 0 atom stereocenters. The van der Waals surface area contributed by atoms with E-state index < -0.39 is 0 Å². The van der Waals surface area contributed by atoms with Crippen LogP contribution >= 0.6 is 43.5 Å². The minimum absolute atomic E-state index is 0.664. The predicted octanol–water partition coefficient (Wildman–Crippen LogP) is 3.67. The van der Waals surface area contributed by atoms with Crippen molar-refractivity contribution in [3.05, 3.63) is 32.2 Å². The van der Waals surface area contributed by atoms with Crippen molar-refractivity contribution in [1.29, 1.82) is 0 Å². The number of halogens is 3. The lowest BCUT2D eigenvalue weighted by Gasteiger charge is -1.94. The standard InChI is InChI=1S/C6H2Br2Cl/c7-4-2-1-3-5(8)6(4)9/h1-2H. The molecule has 1 rings (SSSR count). The van der Waals surface area contributed by atoms with Crippen LogP contribution in [0.4, 0.5) is 0 Å². The van der Waals surface area contributed by atoms with Crippen molar-refractivity contribution in [3.63, 3.8) is 0 Å². The summed E-state index contributed by atoms with van der Waals surface area (Å²) in [5.74, 6) is 0. The van der Waals surface area contributed by atoms with Crippen LogP contribution in [0.1, 0.15) is 0 Å². The molecule has 0 bridgehead atoms. The van der Waals surface area contributed by atoms with Gasteiger partial charge in [0.25, 0.3) is 0 Å². The molecule has 0 unspecified atom stereocenters. The van der Waals surface area contributed by atoms with E-state index in [9.17, 15) is 0 Å². The normalized spacial score (nSPS) is 9.67. The highest BCUT2D eigenvalue weighted by atomic mass is 79.9. The van der Waals surface area contributed by atoms with Gasteiger partial charge in [0.15, 0.2) is 0 Å². The van der Waals surface area contributed by atoms with Gasteiger partial charge in [0.2, 0.25) is 0 Å². The predicted molar refractivity (Wildman–Crippen MR) is 45.7 cm³/mol. The number of rotatable bonds is 0. The molecule has 0 saturated heterocycles. The van der Waals surface area contributed by atoms with Crippen LogP contribution in [0.5, 0.6) is 0 Å². The summed E-state index contributed by atoms with van der Waals surface area (Å²) in [5, 5.41) is 0.664. The fourth-order valence-electron chi connectivity index (χ4n) is 0.429. The molecule has 0 amide bonds. The Labute approximate surface area is 75.5 Å². The average molecular weight is 269 g/mol. The van der Waals surface area contributed by atoms with Gasteiger partial charge in [-0.15, -0.1) is 0 Å². The zero-order valence-electron chi connectivity index (χ0n) is 4.29. The van der Waals surface area contributed by atoms with Crippen LogP contribution in [0.2, 0.25) is 5.02 Å². The summed E-state index contributed by atoms with van der Waals surface area (Å²) in [4.78, 5) is 0. The third-order valence-corrected chi connectivity index (χ3v) is 2.98. The first-order valence-electron chi connectivity index (χ1n) is 2.23. The molecule has 9 heavy (non-hydrogen) atoms. The quantitative estimate of drug-likeness (QED) is 0.630. The van der Waals surface area contributed by atoms with Crippen LogP contribution in [0.3, 0.4) is 0 Å². The molecule has 0 N–H and O–H groups in total. The molecule has 0 aromatic heterocycles. The summed E-state index contributed by atoms with van der Waals surface area (Å²) < 4.78 is 1.67. The summed E-state index contributed by atoms with van der Waals surface area (Å²) in [5.41, 5.74) is 0. The van der Waals surface area contributed by atoms with Crippen molar-refractivity contribution in [2.24, 2.45) is 0 Å². The first-order valence-corrected chi connectivity index (χ1v) is 4.19. The molecule has 3 heteroatoms. The number of hydrogen-bond donors (Lipinski definition) is 0. The lowest BCUT2D eigenvalue weighted by atomic mass is 10.4. The topological polar surface area (TPSA) is 0 Å². The Kier molecular flexibility index (Phi) is 2.56. The van der Waals surface area contributed by atoms with Crippen LogP contribution in [0.25, 0.3) is 0 Å². The van der Waals surface area contributed by atoms with E-state index in [2.05, 4.69) is 37.9 Å². The van der Waals surface area contributed by atoms with E-state index in [0.717, 1.165) is 8.95 Å². The number of benzene rings is 1. The van der Waals surface area contributed by atoms with Crippen molar-refractivity contribution < 1.29 is 0 Å². The molecule has 0 spiro atoms. The van der Waals surface area contributed by atoms with Gasteiger partial charge in [-0.1, -0.05) is 17.7 Å². The summed E-state index contributed by atoms with van der Waals surface area (Å²) in [6.07, 6.45) is 0. The second-order valence-corrected chi connectivity index (χ2v) is 3.48. The Hall–Kier alpha value is 0.470. The highest BCUT2D eigenvalue weighted by Crippen LogP contribution is 2.28. The fraction of sp³-hybridized carbons (Fsp3) is 0. The minimum Gasteiger partial charge on any atom is -0.0818 e. The average Bonchev–Trinajstić information content (AvgIpc) is 1.83. The maximum absolute atomic E-state index is 5.75. The van der Waals surface area contributed by atoms with Crippen molar-refractivity contribution in [1.82, 2.24) is 0 Å². The highest BCUT2D eigenvalue weighted by Gasteiger charge is 1.98. The molecule has 0 fully saturated rings. The van der Waals surface area contributed by atoms with Crippen molar-refractivity contribution in [2.75, 3.05) is 0 Å². The van der Waals surface area contributed by atoms with Crippen molar-refractivity contribution >= 4 is 43.5 Å². The van der Waals surface area contributed by atoms with Gasteiger partial charge < -0.3 is 0 Å². The lowest BCUT2D eigenvalue weighted by molar-refractivity contribution is 1.58. The molecule has 0 aliphatic rings. The van der Waals surface area contributed by atoms with Gasteiger partial charge in [-0.3, -0.25) is 0 Å². The first kappa shape index (κ1) is 7.58. The summed E-state index contributed by atoms with van der Waals surface area (Å²) in [7, 11) is 0. The van der Waals surface area contributed by atoms with Gasteiger partial charge in [0, 0.05) is 8.95 Å². The van der Waals surface area contributed by atoms with Gasteiger partial charge in [-0.2, -0.15) is 0 Å². The number of hydrogen-bond acceptors (Lipinski definition) is 0. The summed E-state index contributed by atoms with van der Waals surface area (Å²) >= 11 is 12.2. The Bertz CT molecular complexity index is 202. The third kappa shape index (κ3) is 1.69. The molecule has 1 aromatic rings. The molecule has 0 heterocycles. The summed E-state index contributed by atoms with van der Waals surface area (Å²) in [6, 6.07) is 6.53. The maximum Gasteiger partial charge on any atom is 0.0696 e. The highest BCUT2D eigenvalue weighted by molar-refractivity contribution is 9.11. The van der Waals surface area contributed by atoms with Crippen LogP contribution < -0.4 is 0 Å². The largest absolute Gasteiger partial charge is 0.0818 e. The molecule has 0 saturated carbocycles. The van der Waals surface area contributed by atoms with Gasteiger partial charge >= 0.3 is 0 Å². The van der Waals surface area contributed by atoms with E-state index >= 15 is 0 Å². The molecule has 1 radical (unpaired) electrons. The van der Waals surface area contributed by atoms with E-state index in [1.54, 1.807) is 6.07 Å². The molecule has 0 aliphatic heterocycles. The van der Waals surface area contributed by atoms with E-state index in [0.29, 0.717) is 5.02 Å². The van der Waals surface area contributed by atoms with E-state index in [-0.39, 0.29) is 0 Å². The van der Waals surface area contributed by atoms with Crippen LogP contribution in [0.15, 0.2) is 21.1 Å². The Morgan fingerprint density at radius 2 is 2.11 bits per heavy atom. The molecule has 0 aliphatic carbocycles. The maximum atomic E-state index is 5.75. The zero-order chi connectivity index (χ0) is 6.85. The third-order valence-electron chi connectivity index (χ3n) is 0.842. The molecular weight excluding hydrogens is 267 g/mol. The lowest BCUT2D eigenvalue weighted by Crippen LogP contribution is -1.69. The van der Waals surface area contributed by atoms with Gasteiger partial charge in [0.05, 0.1) is 5.02 Å². The molecule has 0 nitrogen and oxygen atoms in total. The van der Waals surface area contributed by atoms with E-state index in [4.69, 9.17) is 11.6 Å². The van der Waals surface area contributed by atoms with Crippen molar-refractivity contribution in [3.8, 4) is 0 Å². The fourth-order valence-corrected chi connectivity index (χ4v) is 1.49. The van der Waals surface area contributed by atoms with Gasteiger partial charge in [-0.05, 0) is 44.0 Å². The molecule has 1 aromatic carbocycles. The van der Waals surface area contributed by atoms with E-state index in [1.165, 1.54) is 0 Å². The van der Waals surface area contributed by atoms with Crippen LogP contribution in [-0.4, -0.2) is 0 Å². The minimum atomic E-state index is 0.664. The monoisotopic (exact) mass is 267 g/mol.